The first-order valence-corrected chi connectivity index (χ1v) is 8.19. The van der Waals surface area contributed by atoms with Crippen LogP contribution < -0.4 is 15.8 Å². The first-order chi connectivity index (χ1) is 12.1. The maximum absolute atomic E-state index is 12.1. The topological polar surface area (TPSA) is 81.4 Å². The Bertz CT molecular complexity index is 800. The molecule has 0 unspecified atom stereocenters. The second-order valence-electron chi connectivity index (χ2n) is 5.95. The summed E-state index contributed by atoms with van der Waals surface area (Å²) in [6.07, 6.45) is 4.38. The van der Waals surface area contributed by atoms with E-state index in [9.17, 15) is 9.59 Å². The zero-order chi connectivity index (χ0) is 17.6. The van der Waals surface area contributed by atoms with Crippen LogP contribution >= 0.6 is 0 Å². The fourth-order valence-corrected chi connectivity index (χ4v) is 2.77. The number of nitrogens with two attached hydrogens (primary N) is 1. The number of amides is 2. The maximum Gasteiger partial charge on any atom is 0.244 e. The van der Waals surface area contributed by atoms with E-state index < -0.39 is 11.9 Å². The predicted octanol–water partition coefficient (Wildman–Crippen LogP) is 1.85. The van der Waals surface area contributed by atoms with Gasteiger partial charge in [0.05, 0.1) is 6.61 Å². The summed E-state index contributed by atoms with van der Waals surface area (Å²) < 4.78 is 5.46. The van der Waals surface area contributed by atoms with Crippen molar-refractivity contribution in [3.63, 3.8) is 0 Å². The van der Waals surface area contributed by atoms with Crippen LogP contribution in [0.25, 0.3) is 6.08 Å². The van der Waals surface area contributed by atoms with Crippen molar-refractivity contribution in [1.29, 1.82) is 0 Å². The monoisotopic (exact) mass is 336 g/mol. The fourth-order valence-electron chi connectivity index (χ4n) is 2.77. The number of primary amides is 1. The standard InChI is InChI=1S/C20H20N2O3/c21-20(24)17(13-14-4-2-1-3-5-14)22-19(23)9-7-15-6-8-18-16(12-15)10-11-25-18/h1-9,12,17H,10-11,13H2,(H2,21,24)(H,22,23)/b9-7-/t17-/m1/s1. The van der Waals surface area contributed by atoms with Gasteiger partial charge in [0.15, 0.2) is 0 Å². The van der Waals surface area contributed by atoms with Crippen LogP contribution in [0.2, 0.25) is 0 Å². The normalized spacial score (nSPS) is 13.9. The number of rotatable bonds is 6. The first kappa shape index (κ1) is 16.8. The molecule has 3 N–H and O–H groups in total. The highest BCUT2D eigenvalue weighted by molar-refractivity contribution is 5.95. The van der Waals surface area contributed by atoms with Gasteiger partial charge in [0, 0.05) is 18.9 Å². The molecule has 1 aliphatic rings. The number of fused-ring (bicyclic) bond motifs is 1. The van der Waals surface area contributed by atoms with E-state index in [1.165, 1.54) is 6.08 Å². The predicted molar refractivity (Wildman–Crippen MR) is 95.9 cm³/mol. The second kappa shape index (κ2) is 7.66. The molecule has 0 radical (unpaired) electrons. The van der Waals surface area contributed by atoms with Gasteiger partial charge >= 0.3 is 0 Å². The molecule has 1 heterocycles. The van der Waals surface area contributed by atoms with Crippen LogP contribution in [0.3, 0.4) is 0 Å². The molecular weight excluding hydrogens is 316 g/mol. The van der Waals surface area contributed by atoms with Gasteiger partial charge in [-0.05, 0) is 34.9 Å². The van der Waals surface area contributed by atoms with Gasteiger partial charge in [0.1, 0.15) is 11.8 Å². The van der Waals surface area contributed by atoms with Gasteiger partial charge in [-0.3, -0.25) is 9.59 Å². The Morgan fingerprint density at radius 3 is 2.76 bits per heavy atom. The van der Waals surface area contributed by atoms with Crippen molar-refractivity contribution >= 4 is 17.9 Å². The fraction of sp³-hybridized carbons (Fsp3) is 0.200. The van der Waals surface area contributed by atoms with Gasteiger partial charge in [-0.1, -0.05) is 36.4 Å². The number of hydrogen-bond donors (Lipinski definition) is 2. The van der Waals surface area contributed by atoms with E-state index in [1.54, 1.807) is 6.08 Å². The lowest BCUT2D eigenvalue weighted by Gasteiger charge is -2.14. The van der Waals surface area contributed by atoms with Crippen molar-refractivity contribution in [2.45, 2.75) is 18.9 Å². The van der Waals surface area contributed by atoms with E-state index >= 15 is 0 Å². The van der Waals surface area contributed by atoms with E-state index in [0.717, 1.165) is 28.9 Å². The smallest absolute Gasteiger partial charge is 0.244 e. The minimum Gasteiger partial charge on any atom is -0.493 e. The van der Waals surface area contributed by atoms with Crippen LogP contribution in [0.5, 0.6) is 5.75 Å². The summed E-state index contributed by atoms with van der Waals surface area (Å²) in [7, 11) is 0. The molecule has 0 aliphatic carbocycles. The molecule has 3 rings (SSSR count). The number of carbonyl (C=O) groups excluding carboxylic acids is 2. The van der Waals surface area contributed by atoms with E-state index in [0.29, 0.717) is 13.0 Å². The van der Waals surface area contributed by atoms with E-state index in [2.05, 4.69) is 5.32 Å². The molecule has 0 fully saturated rings. The van der Waals surface area contributed by atoms with Gasteiger partial charge in [-0.2, -0.15) is 0 Å². The molecule has 0 saturated carbocycles. The van der Waals surface area contributed by atoms with Crippen molar-refractivity contribution in [3.8, 4) is 5.75 Å². The first-order valence-electron chi connectivity index (χ1n) is 8.19. The minimum atomic E-state index is -0.743. The van der Waals surface area contributed by atoms with Crippen LogP contribution in [0, 0.1) is 0 Å². The average molecular weight is 336 g/mol. The lowest BCUT2D eigenvalue weighted by atomic mass is 10.1. The van der Waals surface area contributed by atoms with Gasteiger partial charge in [-0.25, -0.2) is 0 Å². The van der Waals surface area contributed by atoms with Crippen molar-refractivity contribution in [3.05, 3.63) is 71.3 Å². The summed E-state index contributed by atoms with van der Waals surface area (Å²) in [5, 5.41) is 2.66. The summed E-state index contributed by atoms with van der Waals surface area (Å²) in [5.74, 6) is -0.00461. The van der Waals surface area contributed by atoms with E-state index in [1.807, 2.05) is 48.5 Å². The molecule has 2 aromatic carbocycles. The van der Waals surface area contributed by atoms with Gasteiger partial charge < -0.3 is 15.8 Å². The Morgan fingerprint density at radius 2 is 2.00 bits per heavy atom. The van der Waals surface area contributed by atoms with Gasteiger partial charge in [0.25, 0.3) is 0 Å². The highest BCUT2D eigenvalue weighted by Gasteiger charge is 2.17. The number of nitrogens with one attached hydrogen (secondary N) is 1. The third kappa shape index (κ3) is 4.47. The summed E-state index contributed by atoms with van der Waals surface area (Å²) in [4.78, 5) is 23.7. The van der Waals surface area contributed by atoms with Crippen molar-refractivity contribution in [1.82, 2.24) is 5.32 Å². The SMILES string of the molecule is NC(=O)[C@@H](Cc1ccccc1)NC(=O)/C=C\c1ccc2c(c1)CCO2. The molecule has 0 saturated heterocycles. The second-order valence-corrected chi connectivity index (χ2v) is 5.95. The zero-order valence-electron chi connectivity index (χ0n) is 13.8. The van der Waals surface area contributed by atoms with Gasteiger partial charge in [-0.15, -0.1) is 0 Å². The molecule has 0 aromatic heterocycles. The molecule has 5 heteroatoms. The molecule has 25 heavy (non-hydrogen) atoms. The summed E-state index contributed by atoms with van der Waals surface area (Å²) >= 11 is 0. The van der Waals surface area contributed by atoms with E-state index in [-0.39, 0.29) is 5.91 Å². The van der Waals surface area contributed by atoms with E-state index in [4.69, 9.17) is 10.5 Å². The Kier molecular flexibility index (Phi) is 5.14. The Balaban J connectivity index is 1.62. The molecule has 0 spiro atoms. The lowest BCUT2D eigenvalue weighted by Crippen LogP contribution is -2.45. The highest BCUT2D eigenvalue weighted by atomic mass is 16.5. The van der Waals surface area contributed by atoms with Crippen LogP contribution in [-0.4, -0.2) is 24.5 Å². The van der Waals surface area contributed by atoms with Crippen molar-refractivity contribution in [2.24, 2.45) is 5.73 Å². The Labute approximate surface area is 146 Å². The molecule has 2 aromatic rings. The number of carbonyl (C=O) groups is 2. The zero-order valence-corrected chi connectivity index (χ0v) is 13.8. The van der Waals surface area contributed by atoms with Crippen LogP contribution in [0.15, 0.2) is 54.6 Å². The molecular formula is C20H20N2O3. The summed E-state index contributed by atoms with van der Waals surface area (Å²) in [5.41, 5.74) is 8.40. The number of ether oxygens (including phenoxy) is 1. The third-order valence-electron chi connectivity index (χ3n) is 4.08. The largest absolute Gasteiger partial charge is 0.493 e. The quantitative estimate of drug-likeness (QED) is 0.790. The highest BCUT2D eigenvalue weighted by Crippen LogP contribution is 2.26. The Hall–Kier alpha value is -3.08. The number of hydrogen-bond acceptors (Lipinski definition) is 3. The van der Waals surface area contributed by atoms with Crippen LogP contribution in [0.1, 0.15) is 16.7 Å². The van der Waals surface area contributed by atoms with Crippen LogP contribution in [0.4, 0.5) is 0 Å². The molecule has 0 bridgehead atoms. The molecule has 2 amide bonds. The molecule has 1 atom stereocenters. The average Bonchev–Trinajstić information content (AvgIpc) is 3.08. The lowest BCUT2D eigenvalue weighted by molar-refractivity contribution is -0.124. The third-order valence-corrected chi connectivity index (χ3v) is 4.08. The summed E-state index contributed by atoms with van der Waals surface area (Å²) in [6.45, 7) is 0.697. The summed E-state index contributed by atoms with van der Waals surface area (Å²) in [6, 6.07) is 14.5. The molecule has 1 aliphatic heterocycles. The Morgan fingerprint density at radius 1 is 1.20 bits per heavy atom. The molecule has 128 valence electrons. The maximum atomic E-state index is 12.1. The van der Waals surface area contributed by atoms with Gasteiger partial charge in [0.2, 0.25) is 11.8 Å². The van der Waals surface area contributed by atoms with Crippen molar-refractivity contribution in [2.75, 3.05) is 6.61 Å². The van der Waals surface area contributed by atoms with Crippen LogP contribution in [-0.2, 0) is 22.4 Å². The molecule has 5 nitrogen and oxygen atoms in total. The minimum absolute atomic E-state index is 0.350. The number of benzene rings is 2. The van der Waals surface area contributed by atoms with Crippen molar-refractivity contribution < 1.29 is 14.3 Å².